The summed E-state index contributed by atoms with van der Waals surface area (Å²) in [5, 5.41) is 2.62. The summed E-state index contributed by atoms with van der Waals surface area (Å²) in [7, 11) is 0. The van der Waals surface area contributed by atoms with Gasteiger partial charge in [0, 0.05) is 0 Å². The maximum atomic E-state index is 2.31. The van der Waals surface area contributed by atoms with Crippen molar-refractivity contribution in [1.29, 1.82) is 0 Å². The monoisotopic (exact) mass is 318 g/mol. The number of rotatable bonds is 1. The van der Waals surface area contributed by atoms with E-state index in [-0.39, 0.29) is 20.7 Å². The van der Waals surface area contributed by atoms with Crippen molar-refractivity contribution in [2.24, 2.45) is 0 Å². The van der Waals surface area contributed by atoms with Gasteiger partial charge in [0.15, 0.2) is 0 Å². The van der Waals surface area contributed by atoms with E-state index in [0.717, 1.165) is 0 Å². The Labute approximate surface area is 105 Å². The molecule has 0 aliphatic carbocycles. The van der Waals surface area contributed by atoms with Crippen molar-refractivity contribution in [3.05, 3.63) is 64.3 Å². The zero-order valence-electron chi connectivity index (χ0n) is 8.73. The van der Waals surface area contributed by atoms with Crippen molar-refractivity contribution in [3.63, 3.8) is 0 Å². The Morgan fingerprint density at radius 1 is 0.875 bits per heavy atom. The van der Waals surface area contributed by atoms with Crippen LogP contribution in [0.1, 0.15) is 5.56 Å². The highest BCUT2D eigenvalue weighted by Gasteiger charge is 2.00. The van der Waals surface area contributed by atoms with Gasteiger partial charge in [-0.3, -0.25) is 0 Å². The van der Waals surface area contributed by atoms with E-state index in [1.165, 1.54) is 21.9 Å². The van der Waals surface area contributed by atoms with Gasteiger partial charge in [-0.05, 0) is 48.2 Å². The Morgan fingerprint density at radius 2 is 1.75 bits per heavy atom. The minimum atomic E-state index is 0.178. The predicted molar refractivity (Wildman–Crippen MR) is 81.1 cm³/mol. The lowest BCUT2D eigenvalue weighted by Gasteiger charge is -2.05. The van der Waals surface area contributed by atoms with Crippen molar-refractivity contribution in [2.75, 3.05) is 0 Å². The lowest BCUT2D eigenvalue weighted by molar-refractivity contribution is 1.67. The lowest BCUT2D eigenvalue weighted by Crippen LogP contribution is -1.83. The summed E-state index contributed by atoms with van der Waals surface area (Å²) in [6.07, 6.45) is 4.49. The van der Waals surface area contributed by atoms with E-state index in [2.05, 4.69) is 62.7 Å². The third-order valence-corrected chi connectivity index (χ3v) is 4.26. The third kappa shape index (κ3) is 1.87. The van der Waals surface area contributed by atoms with Crippen LogP contribution in [0.3, 0.4) is 0 Å². The Bertz CT molecular complexity index is 618. The van der Waals surface area contributed by atoms with Crippen LogP contribution in [0.2, 0.25) is 0 Å². The number of allylic oxidation sites excluding steroid dienone is 3. The highest BCUT2D eigenvalue weighted by atomic mass is 127. The predicted octanol–water partition coefficient (Wildman–Crippen LogP) is 4.52. The second kappa shape index (κ2) is 4.34. The number of hydrogen-bond donors (Lipinski definition) is 0. The molecule has 0 saturated heterocycles. The lowest BCUT2D eigenvalue weighted by atomic mass is 10.0. The summed E-state index contributed by atoms with van der Waals surface area (Å²) < 4.78 is 4.62. The summed E-state index contributed by atoms with van der Waals surface area (Å²) in [5.41, 5.74) is 2.65. The quantitative estimate of drug-likeness (QED) is 0.678. The van der Waals surface area contributed by atoms with E-state index in [4.69, 9.17) is 0 Å². The highest BCUT2D eigenvalue weighted by Crippen LogP contribution is 2.24. The van der Waals surface area contributed by atoms with Crippen molar-refractivity contribution in [3.8, 4) is 0 Å². The molecule has 1 aliphatic heterocycles. The van der Waals surface area contributed by atoms with Gasteiger partial charge >= 0.3 is 0 Å². The number of benzene rings is 2. The van der Waals surface area contributed by atoms with Gasteiger partial charge in [0.05, 0.1) is 0 Å². The van der Waals surface area contributed by atoms with Crippen molar-refractivity contribution < 1.29 is 0 Å². The van der Waals surface area contributed by atoms with E-state index >= 15 is 0 Å². The Morgan fingerprint density at radius 3 is 2.56 bits per heavy atom. The van der Waals surface area contributed by atoms with Crippen LogP contribution >= 0.6 is 20.7 Å². The first-order valence-corrected chi connectivity index (χ1v) is 7.74. The van der Waals surface area contributed by atoms with E-state index in [0.29, 0.717) is 0 Å². The standard InChI is InChI=1S/C15H11I/c1-2-4-14-11-15(6-5-12(14)3-1)13-7-9-16-10-8-13/h1-11H. The van der Waals surface area contributed by atoms with E-state index in [9.17, 15) is 0 Å². The summed E-state index contributed by atoms with van der Waals surface area (Å²) in [4.78, 5) is 0. The molecule has 2 aromatic carbocycles. The Kier molecular flexibility index (Phi) is 2.70. The molecule has 0 unspecified atom stereocenters. The molecular weight excluding hydrogens is 307 g/mol. The molecule has 0 bridgehead atoms. The molecule has 16 heavy (non-hydrogen) atoms. The zero-order chi connectivity index (χ0) is 10.8. The number of hydrogen-bond acceptors (Lipinski definition) is 0. The van der Waals surface area contributed by atoms with Crippen LogP contribution in [-0.2, 0) is 0 Å². The molecule has 3 rings (SSSR count). The first-order chi connectivity index (χ1) is 7.93. The van der Waals surface area contributed by atoms with Gasteiger partial charge in [-0.25, -0.2) is 0 Å². The van der Waals surface area contributed by atoms with E-state index < -0.39 is 0 Å². The SMILES string of the molecule is C1=CC(c2ccc3ccccc3c2)=CC=I1. The highest BCUT2D eigenvalue weighted by molar-refractivity contribution is 14.2. The molecule has 0 amide bonds. The van der Waals surface area contributed by atoms with Crippen LogP contribution in [0.5, 0.6) is 0 Å². The number of halogens is 1. The minimum absolute atomic E-state index is 0.178. The normalized spacial score (nSPS) is 14.6. The first-order valence-electron chi connectivity index (χ1n) is 5.25. The molecule has 0 aromatic heterocycles. The van der Waals surface area contributed by atoms with Crippen LogP contribution in [0, 0.1) is 0 Å². The van der Waals surface area contributed by atoms with Gasteiger partial charge < -0.3 is 0 Å². The Balaban J connectivity index is 2.15. The van der Waals surface area contributed by atoms with Crippen LogP contribution in [0.25, 0.3) is 16.3 Å². The summed E-state index contributed by atoms with van der Waals surface area (Å²) in [5.74, 6) is 0. The Hall–Kier alpha value is -1.22. The maximum Gasteiger partial charge on any atom is -0.0175 e. The molecular formula is C15H11I. The van der Waals surface area contributed by atoms with Gasteiger partial charge in [-0.2, -0.15) is 0 Å². The molecule has 1 heteroatoms. The molecule has 0 fully saturated rings. The van der Waals surface area contributed by atoms with Crippen LogP contribution in [0.15, 0.2) is 58.7 Å². The summed E-state index contributed by atoms with van der Waals surface area (Å²) in [6.45, 7) is 0. The summed E-state index contributed by atoms with van der Waals surface area (Å²) in [6, 6.07) is 15.2. The fourth-order valence-electron chi connectivity index (χ4n) is 1.87. The van der Waals surface area contributed by atoms with Gasteiger partial charge in [0.2, 0.25) is 0 Å². The second-order valence-corrected chi connectivity index (χ2v) is 5.89. The fraction of sp³-hybridized carbons (Fsp3) is 0. The van der Waals surface area contributed by atoms with Gasteiger partial charge in [-0.15, -0.1) is 0 Å². The zero-order valence-corrected chi connectivity index (χ0v) is 10.9. The largest absolute Gasteiger partial charge is 0.0937 e. The van der Waals surface area contributed by atoms with Crippen LogP contribution < -0.4 is 0 Å². The molecule has 1 aliphatic rings. The average molecular weight is 318 g/mol. The fourth-order valence-corrected chi connectivity index (χ4v) is 3.30. The molecule has 0 atom stereocenters. The molecule has 78 valence electrons. The van der Waals surface area contributed by atoms with Crippen LogP contribution in [-0.4, -0.2) is 4.01 Å². The number of fused-ring (bicyclic) bond motifs is 1. The first kappa shape index (κ1) is 9.97. The topological polar surface area (TPSA) is 0 Å². The third-order valence-electron chi connectivity index (χ3n) is 2.71. The van der Waals surface area contributed by atoms with Gasteiger partial charge in [-0.1, -0.05) is 57.1 Å². The summed E-state index contributed by atoms with van der Waals surface area (Å²) >= 11 is 0.178. The van der Waals surface area contributed by atoms with E-state index in [1.54, 1.807) is 0 Å². The van der Waals surface area contributed by atoms with Crippen LogP contribution in [0.4, 0.5) is 0 Å². The molecule has 0 N–H and O–H groups in total. The van der Waals surface area contributed by atoms with Gasteiger partial charge in [0.25, 0.3) is 0 Å². The molecule has 0 saturated carbocycles. The van der Waals surface area contributed by atoms with Gasteiger partial charge in [0.1, 0.15) is 0 Å². The molecule has 0 spiro atoms. The van der Waals surface area contributed by atoms with Crippen molar-refractivity contribution in [1.82, 2.24) is 0 Å². The second-order valence-electron chi connectivity index (χ2n) is 3.73. The molecule has 2 aromatic rings. The minimum Gasteiger partial charge on any atom is -0.0937 e. The maximum absolute atomic E-state index is 2.31. The average Bonchev–Trinajstić information content (AvgIpc) is 2.39. The van der Waals surface area contributed by atoms with Crippen molar-refractivity contribution in [2.45, 2.75) is 0 Å². The molecule has 0 nitrogen and oxygen atoms in total. The molecule has 0 radical (unpaired) electrons. The smallest absolute Gasteiger partial charge is 0.0175 e. The van der Waals surface area contributed by atoms with E-state index in [1.807, 2.05) is 0 Å². The molecule has 1 heterocycles. The van der Waals surface area contributed by atoms with Crippen molar-refractivity contribution >= 4 is 41.1 Å².